The smallest absolute Gasteiger partial charge is 0.134 e. The molecule has 0 aliphatic carbocycles. The summed E-state index contributed by atoms with van der Waals surface area (Å²) in [6.45, 7) is 0.0606. The predicted molar refractivity (Wildman–Crippen MR) is 79.4 cm³/mol. The Morgan fingerprint density at radius 1 is 1.05 bits per heavy atom. The van der Waals surface area contributed by atoms with Gasteiger partial charge in [-0.15, -0.1) is 0 Å². The van der Waals surface area contributed by atoms with Gasteiger partial charge < -0.3 is 14.5 Å². The largest absolute Gasteiger partial charge is 0.464 e. The summed E-state index contributed by atoms with van der Waals surface area (Å²) in [5.74, 6) is 0. The molecule has 98 valence electrons. The van der Waals surface area contributed by atoms with Gasteiger partial charge in [-0.2, -0.15) is 0 Å². The van der Waals surface area contributed by atoms with Gasteiger partial charge in [0.05, 0.1) is 12.3 Å². The van der Waals surface area contributed by atoms with Crippen molar-refractivity contribution in [1.29, 1.82) is 0 Å². The number of fused-ring (bicyclic) bond motifs is 2. The lowest BCUT2D eigenvalue weighted by Crippen LogP contribution is -1.80. The van der Waals surface area contributed by atoms with Crippen LogP contribution in [-0.4, -0.2) is 10.1 Å². The lowest BCUT2D eigenvalue weighted by Gasteiger charge is -1.94. The van der Waals surface area contributed by atoms with Gasteiger partial charge in [0.2, 0.25) is 0 Å². The van der Waals surface area contributed by atoms with Crippen molar-refractivity contribution in [2.75, 3.05) is 0 Å². The van der Waals surface area contributed by atoms with Crippen LogP contribution in [0.3, 0.4) is 0 Å². The second-order valence-corrected chi connectivity index (χ2v) is 4.91. The minimum Gasteiger partial charge on any atom is -0.464 e. The van der Waals surface area contributed by atoms with E-state index >= 15 is 0 Å². The van der Waals surface area contributed by atoms with Gasteiger partial charge in [-0.3, -0.25) is 0 Å². The minimum atomic E-state index is 0.0606. The second kappa shape index (κ2) is 4.25. The quantitative estimate of drug-likeness (QED) is 0.572. The van der Waals surface area contributed by atoms with E-state index < -0.39 is 0 Å². The van der Waals surface area contributed by atoms with Crippen LogP contribution in [0.1, 0.15) is 5.56 Å². The Morgan fingerprint density at radius 3 is 2.85 bits per heavy atom. The molecule has 0 aliphatic heterocycles. The average molecular weight is 263 g/mol. The van der Waals surface area contributed by atoms with Crippen molar-refractivity contribution in [2.24, 2.45) is 0 Å². The monoisotopic (exact) mass is 263 g/mol. The third-order valence-corrected chi connectivity index (χ3v) is 3.64. The fourth-order valence-corrected chi connectivity index (χ4v) is 2.61. The van der Waals surface area contributed by atoms with Gasteiger partial charge in [0.25, 0.3) is 0 Å². The normalized spacial score (nSPS) is 11.4. The molecule has 0 bridgehead atoms. The van der Waals surface area contributed by atoms with Crippen molar-refractivity contribution in [1.82, 2.24) is 4.98 Å². The highest BCUT2D eigenvalue weighted by Crippen LogP contribution is 2.32. The number of aliphatic hydroxyl groups is 1. The zero-order valence-corrected chi connectivity index (χ0v) is 10.8. The Kier molecular flexibility index (Phi) is 2.41. The highest BCUT2D eigenvalue weighted by molar-refractivity contribution is 5.96. The fraction of sp³-hybridized carbons (Fsp3) is 0.0588. The van der Waals surface area contributed by atoms with Crippen LogP contribution in [-0.2, 0) is 6.61 Å². The zero-order valence-electron chi connectivity index (χ0n) is 10.8. The average Bonchev–Trinajstić information content (AvgIpc) is 3.09. The molecule has 2 aromatic carbocycles. The van der Waals surface area contributed by atoms with E-state index in [1.165, 1.54) is 0 Å². The Balaban J connectivity index is 1.93. The highest BCUT2D eigenvalue weighted by Gasteiger charge is 2.10. The first-order valence-corrected chi connectivity index (χ1v) is 6.54. The molecule has 20 heavy (non-hydrogen) atoms. The third-order valence-electron chi connectivity index (χ3n) is 3.64. The first kappa shape index (κ1) is 11.3. The Labute approximate surface area is 115 Å². The summed E-state index contributed by atoms with van der Waals surface area (Å²) in [5, 5.41) is 11.4. The predicted octanol–water partition coefficient (Wildman–Crippen LogP) is 4.07. The standard InChI is InChI=1S/C17H13NO2/c19-9-11-5-6-15-12(7-11)8-16(18-15)14-10-20-17-4-2-1-3-13(14)17/h1-8,10,18-19H,9H2. The summed E-state index contributed by atoms with van der Waals surface area (Å²) in [6, 6.07) is 16.0. The number of nitrogens with one attached hydrogen (secondary N) is 1. The van der Waals surface area contributed by atoms with E-state index in [0.29, 0.717) is 0 Å². The number of hydrogen-bond donors (Lipinski definition) is 2. The lowest BCUT2D eigenvalue weighted by atomic mass is 10.1. The maximum absolute atomic E-state index is 9.20. The molecule has 0 radical (unpaired) electrons. The molecule has 2 N–H and O–H groups in total. The lowest BCUT2D eigenvalue weighted by molar-refractivity contribution is 0.282. The van der Waals surface area contributed by atoms with Gasteiger partial charge in [-0.25, -0.2) is 0 Å². The molecule has 2 aromatic heterocycles. The number of furan rings is 1. The van der Waals surface area contributed by atoms with Crippen molar-refractivity contribution < 1.29 is 9.52 Å². The van der Waals surface area contributed by atoms with Crippen LogP contribution in [0.15, 0.2) is 59.2 Å². The zero-order chi connectivity index (χ0) is 13.5. The number of aromatic amines is 1. The molecule has 4 rings (SSSR count). The molecule has 0 saturated carbocycles. The summed E-state index contributed by atoms with van der Waals surface area (Å²) in [7, 11) is 0. The number of benzene rings is 2. The van der Waals surface area contributed by atoms with Gasteiger partial charge >= 0.3 is 0 Å². The molecule has 0 fully saturated rings. The van der Waals surface area contributed by atoms with Crippen LogP contribution in [0.4, 0.5) is 0 Å². The first-order chi connectivity index (χ1) is 9.85. The number of rotatable bonds is 2. The molecule has 0 atom stereocenters. The first-order valence-electron chi connectivity index (χ1n) is 6.54. The number of aliphatic hydroxyl groups excluding tert-OH is 1. The van der Waals surface area contributed by atoms with Gasteiger partial charge in [0.15, 0.2) is 0 Å². The van der Waals surface area contributed by atoms with Gasteiger partial charge in [0, 0.05) is 21.9 Å². The van der Waals surface area contributed by atoms with E-state index in [1.54, 1.807) is 6.26 Å². The van der Waals surface area contributed by atoms with Crippen LogP contribution in [0.5, 0.6) is 0 Å². The van der Waals surface area contributed by atoms with E-state index in [2.05, 4.69) is 17.1 Å². The molecular formula is C17H13NO2. The maximum Gasteiger partial charge on any atom is 0.134 e. The van der Waals surface area contributed by atoms with Crippen LogP contribution in [0, 0.1) is 0 Å². The molecular weight excluding hydrogens is 250 g/mol. The molecule has 0 unspecified atom stereocenters. The number of hydrogen-bond acceptors (Lipinski definition) is 2. The molecule has 0 aliphatic rings. The van der Waals surface area contributed by atoms with Crippen molar-refractivity contribution in [3.63, 3.8) is 0 Å². The molecule has 4 aromatic rings. The summed E-state index contributed by atoms with van der Waals surface area (Å²) < 4.78 is 5.58. The third kappa shape index (κ3) is 1.64. The summed E-state index contributed by atoms with van der Waals surface area (Å²) in [4.78, 5) is 3.40. The maximum atomic E-state index is 9.20. The number of para-hydroxylation sites is 1. The topological polar surface area (TPSA) is 49.2 Å². The molecule has 0 saturated heterocycles. The second-order valence-electron chi connectivity index (χ2n) is 4.91. The molecule has 0 spiro atoms. The van der Waals surface area contributed by atoms with Crippen LogP contribution >= 0.6 is 0 Å². The van der Waals surface area contributed by atoms with E-state index in [0.717, 1.165) is 38.7 Å². The Hall–Kier alpha value is -2.52. The van der Waals surface area contributed by atoms with Crippen LogP contribution in [0.2, 0.25) is 0 Å². The van der Waals surface area contributed by atoms with E-state index in [4.69, 9.17) is 4.42 Å². The number of aromatic nitrogens is 1. The van der Waals surface area contributed by atoms with Crippen molar-refractivity contribution in [3.8, 4) is 11.3 Å². The van der Waals surface area contributed by atoms with Crippen LogP contribution in [0.25, 0.3) is 33.1 Å². The highest BCUT2D eigenvalue weighted by atomic mass is 16.3. The molecule has 3 nitrogen and oxygen atoms in total. The minimum absolute atomic E-state index is 0.0606. The Bertz CT molecular complexity index is 902. The molecule has 0 amide bonds. The Morgan fingerprint density at radius 2 is 1.95 bits per heavy atom. The van der Waals surface area contributed by atoms with Crippen molar-refractivity contribution in [2.45, 2.75) is 6.61 Å². The van der Waals surface area contributed by atoms with E-state index in [1.807, 2.05) is 36.4 Å². The molecule has 2 heterocycles. The van der Waals surface area contributed by atoms with Gasteiger partial charge in [-0.1, -0.05) is 24.3 Å². The molecule has 3 heteroatoms. The van der Waals surface area contributed by atoms with Gasteiger partial charge in [0.1, 0.15) is 11.8 Å². The SMILES string of the molecule is OCc1ccc2[nH]c(-c3coc4ccccc34)cc2c1. The van der Waals surface area contributed by atoms with E-state index in [9.17, 15) is 5.11 Å². The van der Waals surface area contributed by atoms with Crippen molar-refractivity contribution >= 4 is 21.9 Å². The number of H-pyrrole nitrogens is 1. The summed E-state index contributed by atoms with van der Waals surface area (Å²) in [5.41, 5.74) is 4.95. The summed E-state index contributed by atoms with van der Waals surface area (Å²) >= 11 is 0. The van der Waals surface area contributed by atoms with Gasteiger partial charge in [-0.05, 0) is 29.8 Å². The fourth-order valence-electron chi connectivity index (χ4n) is 2.61. The van der Waals surface area contributed by atoms with Crippen molar-refractivity contribution in [3.05, 3.63) is 60.4 Å². The van der Waals surface area contributed by atoms with E-state index in [-0.39, 0.29) is 6.61 Å². The summed E-state index contributed by atoms with van der Waals surface area (Å²) in [6.07, 6.45) is 1.78. The van der Waals surface area contributed by atoms with Crippen LogP contribution < -0.4 is 0 Å².